The number of hydrogen-bond donors (Lipinski definition) is 4. The Bertz CT molecular complexity index is 634. The Kier molecular flexibility index (Phi) is 34.4. The highest BCUT2D eigenvalue weighted by Crippen LogP contribution is 2.13. The smallest absolute Gasteiger partial charge is 0.408 e. The summed E-state index contributed by atoms with van der Waals surface area (Å²) in [5.74, 6) is 2.57. The van der Waals surface area contributed by atoms with Gasteiger partial charge in [0.1, 0.15) is 23.8 Å². The van der Waals surface area contributed by atoms with Crippen molar-refractivity contribution in [3.63, 3.8) is 0 Å². The number of nitrogens with zero attached hydrogens (tertiary/aromatic N) is 2. The average Bonchev–Trinajstić information content (AvgIpc) is 2.93. The molecule has 228 valence electrons. The number of aliphatic hydroxyl groups is 2. The number of amides is 2. The lowest BCUT2D eigenvalue weighted by molar-refractivity contribution is -0.196. The van der Waals surface area contributed by atoms with Gasteiger partial charge in [-0.1, -0.05) is 11.8 Å². The number of ether oxygens (including phenoxy) is 2. The van der Waals surface area contributed by atoms with Gasteiger partial charge in [-0.3, -0.25) is 0 Å². The SMILES string of the molecule is O=C(NCSCSC/N=C\OOCSCSCOC(=O)NCSCSC/N=C\OOCSCO)OCSCO. The van der Waals surface area contributed by atoms with Gasteiger partial charge < -0.3 is 40.1 Å². The molecule has 0 aliphatic carbocycles. The molecule has 0 bridgehead atoms. The van der Waals surface area contributed by atoms with Crippen LogP contribution >= 0.6 is 94.1 Å². The van der Waals surface area contributed by atoms with Gasteiger partial charge >= 0.3 is 12.2 Å². The van der Waals surface area contributed by atoms with E-state index in [9.17, 15) is 9.59 Å². The highest BCUT2D eigenvalue weighted by Gasteiger charge is 2.02. The molecule has 0 aliphatic rings. The van der Waals surface area contributed by atoms with E-state index in [0.717, 1.165) is 21.9 Å². The van der Waals surface area contributed by atoms with Crippen LogP contribution in [0.2, 0.25) is 0 Å². The quantitative estimate of drug-likeness (QED) is 0.0231. The number of carbonyl (C=O) groups is 2. The Morgan fingerprint density at radius 3 is 1.59 bits per heavy atom. The number of thioether (sulfide) groups is 8. The molecule has 0 unspecified atom stereocenters. The van der Waals surface area contributed by atoms with Crippen LogP contribution in [-0.2, 0) is 29.0 Å². The fraction of sp³-hybridized carbons (Fsp3) is 0.765. The Morgan fingerprint density at radius 2 is 1.05 bits per heavy atom. The maximum atomic E-state index is 11.6. The minimum atomic E-state index is -0.517. The summed E-state index contributed by atoms with van der Waals surface area (Å²) in [5, 5.41) is 24.4. The summed E-state index contributed by atoms with van der Waals surface area (Å²) < 4.78 is 9.85. The molecule has 0 aliphatic heterocycles. The molecule has 0 radical (unpaired) electrons. The fourth-order valence-electron chi connectivity index (χ4n) is 1.40. The number of nitrogens with one attached hydrogen (secondary N) is 2. The second-order valence-corrected chi connectivity index (χ2v) is 14.1. The van der Waals surface area contributed by atoms with Gasteiger partial charge in [0.05, 0.1) is 35.4 Å². The van der Waals surface area contributed by atoms with Crippen molar-refractivity contribution in [2.24, 2.45) is 9.98 Å². The summed E-state index contributed by atoms with van der Waals surface area (Å²) in [6, 6.07) is 0. The number of carbonyl (C=O) groups excluding carboxylic acids is 2. The van der Waals surface area contributed by atoms with Crippen molar-refractivity contribution in [3.8, 4) is 0 Å². The molecule has 4 N–H and O–H groups in total. The van der Waals surface area contributed by atoms with Crippen molar-refractivity contribution in [1.29, 1.82) is 0 Å². The van der Waals surface area contributed by atoms with Gasteiger partial charge in [-0.2, -0.15) is 9.78 Å². The van der Waals surface area contributed by atoms with E-state index in [1.54, 1.807) is 23.5 Å². The molecule has 0 heterocycles. The van der Waals surface area contributed by atoms with E-state index in [1.807, 2.05) is 0 Å². The van der Waals surface area contributed by atoms with Gasteiger partial charge in [0.15, 0.2) is 0 Å². The second-order valence-electron chi connectivity index (χ2n) is 5.48. The number of alkyl carbamates (subject to hydrolysis) is 2. The molecule has 0 atom stereocenters. The van der Waals surface area contributed by atoms with E-state index in [0.29, 0.717) is 34.5 Å². The first-order valence-electron chi connectivity index (χ1n) is 10.4. The van der Waals surface area contributed by atoms with Crippen molar-refractivity contribution in [2.75, 3.05) is 74.4 Å². The van der Waals surface area contributed by atoms with E-state index < -0.39 is 12.2 Å². The summed E-state index contributed by atoms with van der Waals surface area (Å²) in [6.07, 6.45) is 1.43. The monoisotopic (exact) mass is 708 g/mol. The van der Waals surface area contributed by atoms with E-state index in [1.165, 1.54) is 71.6 Å². The van der Waals surface area contributed by atoms with Gasteiger partial charge in [-0.15, -0.1) is 82.3 Å². The van der Waals surface area contributed by atoms with Gasteiger partial charge in [0.25, 0.3) is 0 Å². The summed E-state index contributed by atoms with van der Waals surface area (Å²) in [7, 11) is 0. The third kappa shape index (κ3) is 34.2. The van der Waals surface area contributed by atoms with Crippen molar-refractivity contribution in [2.45, 2.75) is 0 Å². The van der Waals surface area contributed by atoms with E-state index in [2.05, 4.69) is 25.5 Å². The number of rotatable bonds is 28. The van der Waals surface area contributed by atoms with Crippen molar-refractivity contribution in [3.05, 3.63) is 0 Å². The molecule has 2 amide bonds. The Morgan fingerprint density at radius 1 is 0.615 bits per heavy atom. The number of hydrogen-bond acceptors (Lipinski definition) is 20. The summed E-state index contributed by atoms with van der Waals surface area (Å²) >= 11 is 11.3. The largest absolute Gasteiger partial charge is 0.438 e. The first kappa shape index (κ1) is 39.1. The lowest BCUT2D eigenvalue weighted by Crippen LogP contribution is -2.23. The molecular weight excluding hydrogens is 677 g/mol. The highest BCUT2D eigenvalue weighted by molar-refractivity contribution is 8.16. The summed E-state index contributed by atoms with van der Waals surface area (Å²) in [4.78, 5) is 50.0. The molecule has 22 heteroatoms. The zero-order chi connectivity index (χ0) is 28.5. The zero-order valence-corrected chi connectivity index (χ0v) is 27.2. The molecule has 0 aromatic rings. The minimum absolute atomic E-state index is 0.0324. The van der Waals surface area contributed by atoms with Crippen LogP contribution in [0, 0.1) is 0 Å². The van der Waals surface area contributed by atoms with E-state index >= 15 is 0 Å². The van der Waals surface area contributed by atoms with Gasteiger partial charge in [0.2, 0.25) is 12.8 Å². The van der Waals surface area contributed by atoms with Crippen LogP contribution in [0.15, 0.2) is 9.98 Å². The normalized spacial score (nSPS) is 11.1. The maximum Gasteiger partial charge on any atom is 0.408 e. The van der Waals surface area contributed by atoms with Crippen LogP contribution < -0.4 is 10.6 Å². The summed E-state index contributed by atoms with van der Waals surface area (Å²) in [5.41, 5.74) is 0. The Labute approximate surface area is 261 Å². The first-order valence-corrected chi connectivity index (χ1v) is 19.6. The predicted molar refractivity (Wildman–Crippen MR) is 169 cm³/mol. The minimum Gasteiger partial charge on any atom is -0.438 e. The van der Waals surface area contributed by atoms with Crippen molar-refractivity contribution < 1.29 is 48.8 Å². The van der Waals surface area contributed by atoms with E-state index in [4.69, 9.17) is 34.3 Å². The first-order chi connectivity index (χ1) is 19.2. The van der Waals surface area contributed by atoms with Crippen LogP contribution in [0.5, 0.6) is 0 Å². The predicted octanol–water partition coefficient (Wildman–Crippen LogP) is 3.69. The molecule has 0 spiro atoms. The maximum absolute atomic E-state index is 11.6. The van der Waals surface area contributed by atoms with Crippen LogP contribution in [0.3, 0.4) is 0 Å². The van der Waals surface area contributed by atoms with Crippen molar-refractivity contribution in [1.82, 2.24) is 10.6 Å². The molecule has 14 nitrogen and oxygen atoms in total. The van der Waals surface area contributed by atoms with Gasteiger partial charge in [-0.05, 0) is 0 Å². The van der Waals surface area contributed by atoms with Crippen molar-refractivity contribution >= 4 is 119 Å². The van der Waals surface area contributed by atoms with Gasteiger partial charge in [0, 0.05) is 15.3 Å². The average molecular weight is 709 g/mol. The van der Waals surface area contributed by atoms with Crippen LogP contribution in [0.1, 0.15) is 0 Å². The lowest BCUT2D eigenvalue weighted by Gasteiger charge is -2.06. The molecule has 0 aromatic carbocycles. The zero-order valence-electron chi connectivity index (χ0n) is 20.7. The molecule has 0 rings (SSSR count). The number of aliphatic hydroxyl groups excluding tert-OH is 2. The topological polar surface area (TPSA) is 179 Å². The third-order valence-electron chi connectivity index (χ3n) is 2.83. The molecule has 0 saturated heterocycles. The molecule has 0 aromatic heterocycles. The highest BCUT2D eigenvalue weighted by atomic mass is 32.2. The molecule has 0 fully saturated rings. The van der Waals surface area contributed by atoms with Gasteiger partial charge in [-0.25, -0.2) is 19.6 Å². The van der Waals surface area contributed by atoms with Crippen LogP contribution in [0.4, 0.5) is 9.59 Å². The fourth-order valence-corrected chi connectivity index (χ4v) is 6.17. The molecule has 0 saturated carbocycles. The number of aliphatic imine (C=N–C) groups is 2. The Hall–Kier alpha value is 0.120. The molecule has 39 heavy (non-hydrogen) atoms. The lowest BCUT2D eigenvalue weighted by atomic mass is 11.1. The van der Waals surface area contributed by atoms with Crippen LogP contribution in [-0.4, -0.2) is 110 Å². The second kappa shape index (κ2) is 34.3. The van der Waals surface area contributed by atoms with E-state index in [-0.39, 0.29) is 29.7 Å². The standard InChI is InChI=1S/C17H32N4O10S8/c22-7-36-9-26-16(24)20-5-34-13-33-4-19-2-29-31-12-39-15-38-10-27-17(25)21-6-35-14-32-3-18-1-28-30-11-37-8-23/h1-2,22-23H,3-15H2,(H,20,24)(H,21,25)/b18-1-,19-2-. The third-order valence-corrected chi connectivity index (χ3v) is 9.65. The Balaban J connectivity index is 3.28. The molecular formula is C17H32N4O10S8. The summed E-state index contributed by atoms with van der Waals surface area (Å²) in [6.45, 7) is 0. The van der Waals surface area contributed by atoms with Crippen LogP contribution in [0.25, 0.3) is 0 Å².